The van der Waals surface area contributed by atoms with Gasteiger partial charge in [-0.15, -0.1) is 0 Å². The summed E-state index contributed by atoms with van der Waals surface area (Å²) in [5.41, 5.74) is 0.985. The van der Waals surface area contributed by atoms with E-state index in [-0.39, 0.29) is 24.1 Å². The molecule has 1 heterocycles. The van der Waals surface area contributed by atoms with Crippen molar-refractivity contribution < 1.29 is 18.4 Å². The van der Waals surface area contributed by atoms with Crippen molar-refractivity contribution in [3.63, 3.8) is 0 Å². The van der Waals surface area contributed by atoms with E-state index in [0.717, 1.165) is 0 Å². The highest BCUT2D eigenvalue weighted by molar-refractivity contribution is 9.10. The molecule has 0 atom stereocenters. The van der Waals surface area contributed by atoms with Crippen LogP contribution < -0.4 is 0 Å². The van der Waals surface area contributed by atoms with E-state index in [9.17, 15) is 9.18 Å². The molecule has 5 nitrogen and oxygen atoms in total. The number of aryl methyl sites for hydroxylation is 1. The van der Waals surface area contributed by atoms with Gasteiger partial charge in [0.1, 0.15) is 5.82 Å². The minimum atomic E-state index is -0.684. The van der Waals surface area contributed by atoms with Gasteiger partial charge in [0.25, 0.3) is 0 Å². The molecule has 2 aromatic rings. The minimum absolute atomic E-state index is 0.193. The Labute approximate surface area is 116 Å². The van der Waals surface area contributed by atoms with Crippen LogP contribution in [-0.4, -0.2) is 22.7 Å². The zero-order valence-corrected chi connectivity index (χ0v) is 11.8. The highest BCUT2D eigenvalue weighted by Crippen LogP contribution is 2.28. The summed E-state index contributed by atoms with van der Waals surface area (Å²) in [5, 5.41) is 3.68. The largest absolute Gasteiger partial charge is 0.459 e. The summed E-state index contributed by atoms with van der Waals surface area (Å²) in [4.78, 5) is 15.3. The lowest BCUT2D eigenvalue weighted by Gasteiger charge is -2.02. The first-order chi connectivity index (χ1) is 9.02. The van der Waals surface area contributed by atoms with E-state index in [1.807, 2.05) is 0 Å². The summed E-state index contributed by atoms with van der Waals surface area (Å²) in [5.74, 6) is -1.07. The van der Waals surface area contributed by atoms with Crippen LogP contribution in [0.2, 0.25) is 0 Å². The number of carbonyl (C=O) groups is 1. The van der Waals surface area contributed by atoms with Crippen molar-refractivity contribution in [1.82, 2.24) is 10.1 Å². The molecular formula is C12H10BrFN2O3. The van der Waals surface area contributed by atoms with Gasteiger partial charge >= 0.3 is 11.9 Å². The number of carbonyl (C=O) groups excluding carboxylic acids is 1. The molecule has 100 valence electrons. The molecule has 0 fully saturated rings. The highest BCUT2D eigenvalue weighted by atomic mass is 79.9. The van der Waals surface area contributed by atoms with Gasteiger partial charge in [-0.1, -0.05) is 5.16 Å². The van der Waals surface area contributed by atoms with E-state index in [0.29, 0.717) is 15.6 Å². The van der Waals surface area contributed by atoms with Crippen molar-refractivity contribution in [1.29, 1.82) is 0 Å². The first kappa shape index (κ1) is 13.7. The molecule has 7 heteroatoms. The zero-order valence-electron chi connectivity index (χ0n) is 10.2. The Balaban J connectivity index is 2.38. The van der Waals surface area contributed by atoms with Gasteiger partial charge in [-0.25, -0.2) is 9.18 Å². The number of aromatic nitrogens is 2. The van der Waals surface area contributed by atoms with Gasteiger partial charge in [0.2, 0.25) is 5.82 Å². The number of ether oxygens (including phenoxy) is 1. The second kappa shape index (κ2) is 5.48. The summed E-state index contributed by atoms with van der Waals surface area (Å²) in [6.45, 7) is 3.52. The maximum Gasteiger partial charge on any atom is 0.397 e. The maximum atomic E-state index is 13.3. The number of esters is 1. The number of nitrogens with zero attached hydrogens (tertiary/aromatic N) is 2. The normalized spacial score (nSPS) is 10.5. The van der Waals surface area contributed by atoms with Crippen LogP contribution in [0.25, 0.3) is 11.4 Å². The number of halogens is 2. The summed E-state index contributed by atoms with van der Waals surface area (Å²) < 4.78 is 23.4. The molecule has 1 aromatic carbocycles. The molecule has 0 saturated carbocycles. The number of benzene rings is 1. The monoisotopic (exact) mass is 328 g/mol. The van der Waals surface area contributed by atoms with E-state index in [1.54, 1.807) is 19.9 Å². The molecule has 0 aliphatic rings. The summed E-state index contributed by atoms with van der Waals surface area (Å²) in [6, 6.07) is 2.88. The molecule has 0 unspecified atom stereocenters. The Morgan fingerprint density at radius 1 is 1.53 bits per heavy atom. The van der Waals surface area contributed by atoms with Gasteiger partial charge in [-0.2, -0.15) is 4.98 Å². The molecule has 2 rings (SSSR count). The topological polar surface area (TPSA) is 65.2 Å². The fraction of sp³-hybridized carbons (Fsp3) is 0.250. The third-order valence-electron chi connectivity index (χ3n) is 2.37. The molecule has 0 N–H and O–H groups in total. The van der Waals surface area contributed by atoms with E-state index < -0.39 is 5.97 Å². The van der Waals surface area contributed by atoms with Crippen LogP contribution in [-0.2, 0) is 4.74 Å². The standard InChI is InChI=1S/C12H10BrFN2O3/c1-3-18-12(17)11-15-10(16-19-11)7-4-6(2)9(14)5-8(7)13/h4-5H,3H2,1-2H3. The van der Waals surface area contributed by atoms with E-state index in [4.69, 9.17) is 9.26 Å². The van der Waals surface area contributed by atoms with Crippen LogP contribution in [0.3, 0.4) is 0 Å². The Hall–Kier alpha value is -1.76. The molecule has 0 aliphatic heterocycles. The van der Waals surface area contributed by atoms with Crippen LogP contribution in [0.5, 0.6) is 0 Å². The lowest BCUT2D eigenvalue weighted by Crippen LogP contribution is -2.04. The van der Waals surface area contributed by atoms with Crippen LogP contribution in [0.1, 0.15) is 23.2 Å². The first-order valence-corrected chi connectivity index (χ1v) is 6.29. The van der Waals surface area contributed by atoms with Crippen molar-refractivity contribution in [2.24, 2.45) is 0 Å². The van der Waals surface area contributed by atoms with Gasteiger partial charge in [-0.05, 0) is 47.5 Å². The predicted octanol–water partition coefficient (Wildman–Crippen LogP) is 3.12. The molecule has 1 aromatic heterocycles. The fourth-order valence-electron chi connectivity index (χ4n) is 1.44. The Morgan fingerprint density at radius 3 is 2.95 bits per heavy atom. The number of hydrogen-bond donors (Lipinski definition) is 0. The Bertz CT molecular complexity index is 627. The average Bonchev–Trinajstić information content (AvgIpc) is 2.83. The van der Waals surface area contributed by atoms with E-state index >= 15 is 0 Å². The summed E-state index contributed by atoms with van der Waals surface area (Å²) >= 11 is 3.22. The molecule has 0 radical (unpaired) electrons. The maximum absolute atomic E-state index is 13.3. The van der Waals surface area contributed by atoms with Crippen LogP contribution >= 0.6 is 15.9 Å². The molecule has 0 amide bonds. The molecule has 19 heavy (non-hydrogen) atoms. The van der Waals surface area contributed by atoms with Crippen molar-refractivity contribution >= 4 is 21.9 Å². The quantitative estimate of drug-likeness (QED) is 0.810. The average molecular weight is 329 g/mol. The van der Waals surface area contributed by atoms with Crippen molar-refractivity contribution in [3.05, 3.63) is 33.9 Å². The fourth-order valence-corrected chi connectivity index (χ4v) is 1.93. The van der Waals surface area contributed by atoms with Gasteiger partial charge in [0.15, 0.2) is 0 Å². The Morgan fingerprint density at radius 2 is 2.26 bits per heavy atom. The summed E-state index contributed by atoms with van der Waals surface area (Å²) in [6.07, 6.45) is 0. The second-order valence-electron chi connectivity index (χ2n) is 3.72. The minimum Gasteiger partial charge on any atom is -0.459 e. The number of rotatable bonds is 3. The van der Waals surface area contributed by atoms with Crippen molar-refractivity contribution in [2.75, 3.05) is 6.61 Å². The van der Waals surface area contributed by atoms with Gasteiger partial charge in [0.05, 0.1) is 6.61 Å². The molecular weight excluding hydrogens is 319 g/mol. The SMILES string of the molecule is CCOC(=O)c1nc(-c2cc(C)c(F)cc2Br)no1. The molecule has 0 spiro atoms. The lowest BCUT2D eigenvalue weighted by molar-refractivity contribution is 0.0470. The molecule has 0 bridgehead atoms. The van der Waals surface area contributed by atoms with Crippen LogP contribution in [0.4, 0.5) is 4.39 Å². The van der Waals surface area contributed by atoms with Gasteiger partial charge in [-0.3, -0.25) is 0 Å². The third-order valence-corrected chi connectivity index (χ3v) is 3.02. The van der Waals surface area contributed by atoms with Gasteiger partial charge < -0.3 is 9.26 Å². The van der Waals surface area contributed by atoms with E-state index in [1.165, 1.54) is 6.07 Å². The lowest BCUT2D eigenvalue weighted by atomic mass is 10.1. The van der Waals surface area contributed by atoms with Crippen LogP contribution in [0.15, 0.2) is 21.1 Å². The van der Waals surface area contributed by atoms with E-state index in [2.05, 4.69) is 26.1 Å². The summed E-state index contributed by atoms with van der Waals surface area (Å²) in [7, 11) is 0. The Kier molecular flexibility index (Phi) is 3.94. The van der Waals surface area contributed by atoms with Gasteiger partial charge in [0, 0.05) is 10.0 Å². The van der Waals surface area contributed by atoms with Crippen molar-refractivity contribution in [2.45, 2.75) is 13.8 Å². The number of hydrogen-bond acceptors (Lipinski definition) is 5. The predicted molar refractivity (Wildman–Crippen MR) is 68.1 cm³/mol. The highest BCUT2D eigenvalue weighted by Gasteiger charge is 2.19. The zero-order chi connectivity index (χ0) is 14.0. The molecule has 0 saturated heterocycles. The first-order valence-electron chi connectivity index (χ1n) is 5.49. The third kappa shape index (κ3) is 2.81. The smallest absolute Gasteiger partial charge is 0.397 e. The van der Waals surface area contributed by atoms with Crippen LogP contribution in [0, 0.1) is 12.7 Å². The second-order valence-corrected chi connectivity index (χ2v) is 4.58. The molecule has 0 aliphatic carbocycles. The van der Waals surface area contributed by atoms with Crippen molar-refractivity contribution in [3.8, 4) is 11.4 Å².